The fourth-order valence-electron chi connectivity index (χ4n) is 1.72. The maximum absolute atomic E-state index is 6.15. The number of rotatable bonds is 5. The standard InChI is InChI=1S/C13H19Cl2N/c1-3-11(16)6-4-9(2)12-8-10(14)5-7-13(12)15/h5,7-9,11H,3-4,6,16H2,1-2H3. The van der Waals surface area contributed by atoms with E-state index in [1.54, 1.807) is 0 Å². The average molecular weight is 260 g/mol. The smallest absolute Gasteiger partial charge is 0.0441 e. The zero-order valence-electron chi connectivity index (χ0n) is 9.84. The van der Waals surface area contributed by atoms with E-state index in [0.717, 1.165) is 34.9 Å². The molecule has 2 atom stereocenters. The first kappa shape index (κ1) is 13.8. The number of halogens is 2. The van der Waals surface area contributed by atoms with Crippen LogP contribution < -0.4 is 5.73 Å². The van der Waals surface area contributed by atoms with Crippen molar-refractivity contribution in [3.05, 3.63) is 33.8 Å². The molecule has 0 aliphatic carbocycles. The van der Waals surface area contributed by atoms with Gasteiger partial charge in [0.1, 0.15) is 0 Å². The third kappa shape index (κ3) is 3.97. The molecule has 2 N–H and O–H groups in total. The summed E-state index contributed by atoms with van der Waals surface area (Å²) in [5.41, 5.74) is 7.03. The monoisotopic (exact) mass is 259 g/mol. The minimum absolute atomic E-state index is 0.292. The molecule has 0 saturated heterocycles. The van der Waals surface area contributed by atoms with Crippen LogP contribution in [0.1, 0.15) is 44.6 Å². The molecule has 1 aromatic carbocycles. The lowest BCUT2D eigenvalue weighted by Crippen LogP contribution is -2.18. The van der Waals surface area contributed by atoms with E-state index in [1.807, 2.05) is 18.2 Å². The average Bonchev–Trinajstić information content (AvgIpc) is 2.28. The van der Waals surface area contributed by atoms with Crippen LogP contribution in [-0.2, 0) is 0 Å². The van der Waals surface area contributed by atoms with Crippen molar-refractivity contribution in [2.75, 3.05) is 0 Å². The van der Waals surface area contributed by atoms with Crippen molar-refractivity contribution in [1.82, 2.24) is 0 Å². The Morgan fingerprint density at radius 2 is 1.94 bits per heavy atom. The predicted octanol–water partition coefficient (Wildman–Crippen LogP) is 4.61. The molecule has 0 aliphatic rings. The molecule has 0 heterocycles. The molecule has 0 aromatic heterocycles. The van der Waals surface area contributed by atoms with Crippen molar-refractivity contribution < 1.29 is 0 Å². The van der Waals surface area contributed by atoms with Gasteiger partial charge in [-0.05, 0) is 48.9 Å². The Morgan fingerprint density at radius 3 is 2.56 bits per heavy atom. The molecule has 0 saturated carbocycles. The number of benzene rings is 1. The van der Waals surface area contributed by atoms with Gasteiger partial charge in [0.15, 0.2) is 0 Å². The van der Waals surface area contributed by atoms with Crippen molar-refractivity contribution in [2.24, 2.45) is 5.73 Å². The minimum atomic E-state index is 0.292. The van der Waals surface area contributed by atoms with E-state index in [9.17, 15) is 0 Å². The summed E-state index contributed by atoms with van der Waals surface area (Å²) in [7, 11) is 0. The van der Waals surface area contributed by atoms with Gasteiger partial charge in [0.25, 0.3) is 0 Å². The van der Waals surface area contributed by atoms with E-state index in [4.69, 9.17) is 28.9 Å². The van der Waals surface area contributed by atoms with Gasteiger partial charge in [-0.2, -0.15) is 0 Å². The Bertz CT molecular complexity index is 339. The summed E-state index contributed by atoms with van der Waals surface area (Å²) in [4.78, 5) is 0. The fraction of sp³-hybridized carbons (Fsp3) is 0.538. The largest absolute Gasteiger partial charge is 0.328 e. The highest BCUT2D eigenvalue weighted by Gasteiger charge is 2.11. The Hall–Kier alpha value is -0.240. The summed E-state index contributed by atoms with van der Waals surface area (Å²) in [6.45, 7) is 4.28. The molecule has 1 nitrogen and oxygen atoms in total. The molecule has 2 unspecified atom stereocenters. The molecule has 90 valence electrons. The topological polar surface area (TPSA) is 26.0 Å². The van der Waals surface area contributed by atoms with E-state index in [-0.39, 0.29) is 0 Å². The maximum Gasteiger partial charge on any atom is 0.0441 e. The lowest BCUT2D eigenvalue weighted by Gasteiger charge is -2.16. The Kier molecular flexibility index (Phi) is 5.60. The van der Waals surface area contributed by atoms with Crippen LogP contribution in [0.2, 0.25) is 10.0 Å². The highest BCUT2D eigenvalue weighted by Crippen LogP contribution is 2.30. The maximum atomic E-state index is 6.15. The highest BCUT2D eigenvalue weighted by molar-refractivity contribution is 6.33. The third-order valence-electron chi connectivity index (χ3n) is 2.98. The lowest BCUT2D eigenvalue weighted by atomic mass is 9.94. The summed E-state index contributed by atoms with van der Waals surface area (Å²) in [6, 6.07) is 5.92. The fourth-order valence-corrected chi connectivity index (χ4v) is 2.20. The summed E-state index contributed by atoms with van der Waals surface area (Å²) < 4.78 is 0. The normalized spacial score (nSPS) is 14.8. The SMILES string of the molecule is CCC(N)CCC(C)c1cc(Cl)ccc1Cl. The van der Waals surface area contributed by atoms with E-state index < -0.39 is 0 Å². The Morgan fingerprint density at radius 1 is 1.25 bits per heavy atom. The van der Waals surface area contributed by atoms with Crippen LogP contribution >= 0.6 is 23.2 Å². The van der Waals surface area contributed by atoms with Gasteiger partial charge in [0, 0.05) is 16.1 Å². The second-order valence-corrected chi connectivity index (χ2v) is 5.16. The van der Waals surface area contributed by atoms with Crippen molar-refractivity contribution >= 4 is 23.2 Å². The summed E-state index contributed by atoms with van der Waals surface area (Å²) in [6.07, 6.45) is 3.10. The molecular formula is C13H19Cl2N. The van der Waals surface area contributed by atoms with Crippen molar-refractivity contribution in [3.8, 4) is 0 Å². The number of hydrogen-bond acceptors (Lipinski definition) is 1. The first-order valence-corrected chi connectivity index (χ1v) is 6.50. The molecule has 1 rings (SSSR count). The van der Waals surface area contributed by atoms with E-state index >= 15 is 0 Å². The van der Waals surface area contributed by atoms with Crippen LogP contribution in [0, 0.1) is 0 Å². The molecule has 0 bridgehead atoms. The first-order valence-electron chi connectivity index (χ1n) is 5.75. The van der Waals surface area contributed by atoms with Gasteiger partial charge in [-0.3, -0.25) is 0 Å². The van der Waals surface area contributed by atoms with Crippen LogP contribution in [-0.4, -0.2) is 6.04 Å². The molecule has 3 heteroatoms. The Labute approximate surface area is 108 Å². The van der Waals surface area contributed by atoms with Gasteiger partial charge in [0.2, 0.25) is 0 Å². The van der Waals surface area contributed by atoms with E-state index in [0.29, 0.717) is 12.0 Å². The zero-order chi connectivity index (χ0) is 12.1. The van der Waals surface area contributed by atoms with Crippen LogP contribution in [0.3, 0.4) is 0 Å². The van der Waals surface area contributed by atoms with Gasteiger partial charge in [-0.15, -0.1) is 0 Å². The van der Waals surface area contributed by atoms with Gasteiger partial charge in [-0.25, -0.2) is 0 Å². The Balaban J connectivity index is 2.65. The second-order valence-electron chi connectivity index (χ2n) is 4.31. The highest BCUT2D eigenvalue weighted by atomic mass is 35.5. The van der Waals surface area contributed by atoms with Crippen LogP contribution in [0.25, 0.3) is 0 Å². The summed E-state index contributed by atoms with van der Waals surface area (Å²) >= 11 is 12.1. The summed E-state index contributed by atoms with van der Waals surface area (Å²) in [5, 5.41) is 1.54. The van der Waals surface area contributed by atoms with Crippen LogP contribution in [0.4, 0.5) is 0 Å². The lowest BCUT2D eigenvalue weighted by molar-refractivity contribution is 0.530. The summed E-state index contributed by atoms with van der Waals surface area (Å²) in [5.74, 6) is 0.406. The van der Waals surface area contributed by atoms with Crippen molar-refractivity contribution in [2.45, 2.75) is 45.1 Å². The van der Waals surface area contributed by atoms with Gasteiger partial charge < -0.3 is 5.73 Å². The van der Waals surface area contributed by atoms with Gasteiger partial charge >= 0.3 is 0 Å². The zero-order valence-corrected chi connectivity index (χ0v) is 11.4. The van der Waals surface area contributed by atoms with Crippen molar-refractivity contribution in [3.63, 3.8) is 0 Å². The van der Waals surface area contributed by atoms with Gasteiger partial charge in [0.05, 0.1) is 0 Å². The van der Waals surface area contributed by atoms with Crippen LogP contribution in [0.15, 0.2) is 18.2 Å². The third-order valence-corrected chi connectivity index (χ3v) is 3.56. The quantitative estimate of drug-likeness (QED) is 0.821. The molecule has 0 amide bonds. The predicted molar refractivity (Wildman–Crippen MR) is 72.4 cm³/mol. The molecule has 0 aliphatic heterocycles. The minimum Gasteiger partial charge on any atom is -0.328 e. The van der Waals surface area contributed by atoms with Gasteiger partial charge in [-0.1, -0.05) is 37.0 Å². The first-order chi connectivity index (χ1) is 7.54. The number of nitrogens with two attached hydrogens (primary N) is 1. The molecule has 0 fully saturated rings. The second kappa shape index (κ2) is 6.48. The molecule has 0 spiro atoms. The van der Waals surface area contributed by atoms with Crippen molar-refractivity contribution in [1.29, 1.82) is 0 Å². The molecule has 16 heavy (non-hydrogen) atoms. The molecule has 1 aromatic rings. The molecular weight excluding hydrogens is 241 g/mol. The van der Waals surface area contributed by atoms with E-state index in [1.165, 1.54) is 0 Å². The number of hydrogen-bond donors (Lipinski definition) is 1. The molecule has 0 radical (unpaired) electrons. The van der Waals surface area contributed by atoms with E-state index in [2.05, 4.69) is 13.8 Å². The van der Waals surface area contributed by atoms with Crippen LogP contribution in [0.5, 0.6) is 0 Å².